The number of amides is 2. The molecule has 7 nitrogen and oxygen atoms in total. The molecule has 25 heavy (non-hydrogen) atoms. The van der Waals surface area contributed by atoms with Crippen LogP contribution in [0.3, 0.4) is 0 Å². The average Bonchev–Trinajstić information content (AvgIpc) is 2.62. The Kier molecular flexibility index (Phi) is 6.22. The predicted octanol–water partition coefficient (Wildman–Crippen LogP) is 2.68. The lowest BCUT2D eigenvalue weighted by molar-refractivity contribution is -0.116. The van der Waals surface area contributed by atoms with Crippen LogP contribution in [0.1, 0.15) is 42.6 Å². The maximum Gasteiger partial charge on any atom is 0.272 e. The highest BCUT2D eigenvalue weighted by atomic mass is 16.3. The number of aromatic nitrogens is 1. The molecule has 0 spiro atoms. The Labute approximate surface area is 145 Å². The summed E-state index contributed by atoms with van der Waals surface area (Å²) in [5.41, 5.74) is 4.17. The molecule has 1 aromatic carbocycles. The number of rotatable bonds is 6. The van der Waals surface area contributed by atoms with Crippen molar-refractivity contribution < 1.29 is 14.7 Å². The number of pyridine rings is 1. The van der Waals surface area contributed by atoms with E-state index in [1.807, 2.05) is 6.92 Å². The Bertz CT molecular complexity index is 788. The normalized spacial score (nSPS) is 11.0. The quantitative estimate of drug-likeness (QED) is 0.427. The zero-order valence-electron chi connectivity index (χ0n) is 14.1. The van der Waals surface area contributed by atoms with Crippen molar-refractivity contribution in [2.24, 2.45) is 5.10 Å². The van der Waals surface area contributed by atoms with Crippen LogP contribution < -0.4 is 10.7 Å². The number of hydrogen-bond acceptors (Lipinski definition) is 5. The zero-order chi connectivity index (χ0) is 18.2. The molecule has 3 N–H and O–H groups in total. The lowest BCUT2D eigenvalue weighted by Crippen LogP contribution is -2.19. The van der Waals surface area contributed by atoms with Gasteiger partial charge in [-0.25, -0.2) is 5.43 Å². The van der Waals surface area contributed by atoms with Crippen molar-refractivity contribution in [3.8, 4) is 5.75 Å². The first-order valence-electron chi connectivity index (χ1n) is 7.89. The van der Waals surface area contributed by atoms with Gasteiger partial charge in [-0.15, -0.1) is 0 Å². The Morgan fingerprint density at radius 3 is 2.76 bits per heavy atom. The van der Waals surface area contributed by atoms with E-state index in [0.717, 1.165) is 6.42 Å². The Hall–Kier alpha value is -3.22. The largest absolute Gasteiger partial charge is 0.507 e. The van der Waals surface area contributed by atoms with Crippen molar-refractivity contribution in [1.82, 2.24) is 10.4 Å². The zero-order valence-corrected chi connectivity index (χ0v) is 14.1. The van der Waals surface area contributed by atoms with Crippen LogP contribution >= 0.6 is 0 Å². The standard InChI is InChI=1S/C18H20N4O3/c1-3-5-17(24)20-14-7-8-16(23)15(10-14)12(2)21-22-18(25)13-6-4-9-19-11-13/h4,6-11,23H,3,5H2,1-2H3,(H,20,24)(H,22,25)/b21-12+. The van der Waals surface area contributed by atoms with E-state index in [4.69, 9.17) is 0 Å². The van der Waals surface area contributed by atoms with Gasteiger partial charge < -0.3 is 10.4 Å². The molecule has 0 bridgehead atoms. The third-order valence-corrected chi connectivity index (χ3v) is 3.40. The summed E-state index contributed by atoms with van der Waals surface area (Å²) in [5, 5.41) is 16.8. The first-order chi connectivity index (χ1) is 12.0. The van der Waals surface area contributed by atoms with E-state index in [0.29, 0.717) is 28.9 Å². The van der Waals surface area contributed by atoms with Gasteiger partial charge in [-0.1, -0.05) is 6.92 Å². The third-order valence-electron chi connectivity index (χ3n) is 3.40. The van der Waals surface area contributed by atoms with Crippen LogP contribution in [0.15, 0.2) is 47.8 Å². The maximum atomic E-state index is 12.0. The molecule has 0 aliphatic rings. The van der Waals surface area contributed by atoms with E-state index < -0.39 is 5.91 Å². The van der Waals surface area contributed by atoms with Gasteiger partial charge in [0.2, 0.25) is 5.91 Å². The lowest BCUT2D eigenvalue weighted by atomic mass is 10.1. The highest BCUT2D eigenvalue weighted by molar-refractivity contribution is 6.04. The minimum atomic E-state index is -0.403. The van der Waals surface area contributed by atoms with Crippen LogP contribution in [-0.4, -0.2) is 27.6 Å². The van der Waals surface area contributed by atoms with Gasteiger partial charge in [0, 0.05) is 30.1 Å². The van der Waals surface area contributed by atoms with E-state index in [9.17, 15) is 14.7 Å². The Morgan fingerprint density at radius 2 is 2.08 bits per heavy atom. The smallest absolute Gasteiger partial charge is 0.272 e. The SMILES string of the molecule is CCCC(=O)Nc1ccc(O)c(/C(C)=N/NC(=O)c2cccnc2)c1. The molecule has 7 heteroatoms. The molecule has 0 radical (unpaired) electrons. The fourth-order valence-corrected chi connectivity index (χ4v) is 2.11. The molecule has 0 unspecified atom stereocenters. The Morgan fingerprint density at radius 1 is 1.28 bits per heavy atom. The second kappa shape index (κ2) is 8.58. The number of hydrazone groups is 1. The van der Waals surface area contributed by atoms with Gasteiger partial charge >= 0.3 is 0 Å². The minimum Gasteiger partial charge on any atom is -0.507 e. The highest BCUT2D eigenvalue weighted by Crippen LogP contribution is 2.22. The highest BCUT2D eigenvalue weighted by Gasteiger charge is 2.10. The summed E-state index contributed by atoms with van der Waals surface area (Å²) in [6.07, 6.45) is 4.17. The van der Waals surface area contributed by atoms with Crippen molar-refractivity contribution >= 4 is 23.2 Å². The monoisotopic (exact) mass is 340 g/mol. The van der Waals surface area contributed by atoms with Crippen LogP contribution in [0.25, 0.3) is 0 Å². The van der Waals surface area contributed by atoms with Gasteiger partial charge in [0.05, 0.1) is 11.3 Å². The molecular formula is C18H20N4O3. The minimum absolute atomic E-state index is 0.00497. The molecule has 1 aromatic heterocycles. The average molecular weight is 340 g/mol. The van der Waals surface area contributed by atoms with Gasteiger partial charge in [0.25, 0.3) is 5.91 Å². The summed E-state index contributed by atoms with van der Waals surface area (Å²) < 4.78 is 0. The van der Waals surface area contributed by atoms with Crippen LogP contribution in [-0.2, 0) is 4.79 Å². The number of carbonyl (C=O) groups is 2. The summed E-state index contributed by atoms with van der Waals surface area (Å²) in [4.78, 5) is 27.5. The van der Waals surface area contributed by atoms with Crippen molar-refractivity contribution in [2.75, 3.05) is 5.32 Å². The molecule has 1 heterocycles. The van der Waals surface area contributed by atoms with E-state index in [-0.39, 0.29) is 11.7 Å². The summed E-state index contributed by atoms with van der Waals surface area (Å²) in [6, 6.07) is 7.96. The van der Waals surface area contributed by atoms with Crippen molar-refractivity contribution in [2.45, 2.75) is 26.7 Å². The number of anilines is 1. The maximum absolute atomic E-state index is 12.0. The van der Waals surface area contributed by atoms with Crippen molar-refractivity contribution in [3.05, 3.63) is 53.9 Å². The number of phenols is 1. The van der Waals surface area contributed by atoms with E-state index in [1.54, 1.807) is 37.4 Å². The Balaban J connectivity index is 2.13. The summed E-state index contributed by atoms with van der Waals surface area (Å²) in [6.45, 7) is 3.57. The molecule has 0 fully saturated rings. The summed E-state index contributed by atoms with van der Waals surface area (Å²) >= 11 is 0. The van der Waals surface area contributed by atoms with Crippen molar-refractivity contribution in [1.29, 1.82) is 0 Å². The molecule has 2 aromatic rings. The molecule has 0 saturated heterocycles. The first kappa shape index (κ1) is 18.1. The predicted molar refractivity (Wildman–Crippen MR) is 95.6 cm³/mol. The molecule has 0 aliphatic carbocycles. The van der Waals surface area contributed by atoms with Gasteiger partial charge in [0.1, 0.15) is 5.75 Å². The molecule has 2 rings (SSSR count). The summed E-state index contributed by atoms with van der Waals surface area (Å²) in [7, 11) is 0. The molecular weight excluding hydrogens is 320 g/mol. The van der Waals surface area contributed by atoms with Crippen molar-refractivity contribution in [3.63, 3.8) is 0 Å². The molecule has 0 atom stereocenters. The second-order valence-corrected chi connectivity index (χ2v) is 5.41. The number of phenolic OH excluding ortho intramolecular Hbond substituents is 1. The van der Waals surface area contributed by atoms with E-state index in [1.165, 1.54) is 12.3 Å². The number of aromatic hydroxyl groups is 1. The van der Waals surface area contributed by atoms with Gasteiger partial charge in [0.15, 0.2) is 0 Å². The molecule has 2 amide bonds. The van der Waals surface area contributed by atoms with Gasteiger partial charge in [-0.05, 0) is 43.7 Å². The topological polar surface area (TPSA) is 104 Å². The van der Waals surface area contributed by atoms with E-state index in [2.05, 4.69) is 20.8 Å². The fourth-order valence-electron chi connectivity index (χ4n) is 2.11. The van der Waals surface area contributed by atoms with E-state index >= 15 is 0 Å². The van der Waals surface area contributed by atoms with Crippen LogP contribution in [0.4, 0.5) is 5.69 Å². The molecule has 0 aliphatic heterocycles. The molecule has 130 valence electrons. The van der Waals surface area contributed by atoms with Gasteiger partial charge in [-0.3, -0.25) is 14.6 Å². The number of carbonyl (C=O) groups excluding carboxylic acids is 2. The number of benzene rings is 1. The van der Waals surface area contributed by atoms with Crippen LogP contribution in [0, 0.1) is 0 Å². The fraction of sp³-hybridized carbons (Fsp3) is 0.222. The number of nitrogens with one attached hydrogen (secondary N) is 2. The first-order valence-corrected chi connectivity index (χ1v) is 7.89. The van der Waals surface area contributed by atoms with Crippen LogP contribution in [0.5, 0.6) is 5.75 Å². The van der Waals surface area contributed by atoms with Crippen LogP contribution in [0.2, 0.25) is 0 Å². The molecule has 0 saturated carbocycles. The second-order valence-electron chi connectivity index (χ2n) is 5.41. The number of hydrogen-bond donors (Lipinski definition) is 3. The summed E-state index contributed by atoms with van der Waals surface area (Å²) in [5.74, 6) is -0.497. The number of nitrogens with zero attached hydrogens (tertiary/aromatic N) is 2. The van der Waals surface area contributed by atoms with Gasteiger partial charge in [-0.2, -0.15) is 5.10 Å². The lowest BCUT2D eigenvalue weighted by Gasteiger charge is -2.09. The third kappa shape index (κ3) is 5.13.